The lowest BCUT2D eigenvalue weighted by atomic mass is 9.90. The molecule has 0 aromatic rings. The maximum absolute atomic E-state index is 11.2. The van der Waals surface area contributed by atoms with E-state index in [1.54, 1.807) is 6.08 Å². The van der Waals surface area contributed by atoms with Gasteiger partial charge in [-0.1, -0.05) is 12.2 Å². The second kappa shape index (κ2) is 10.8. The topological polar surface area (TPSA) is 156 Å². The average molecular weight is 400 g/mol. The molecule has 1 aliphatic rings. The van der Waals surface area contributed by atoms with Crippen LogP contribution in [0.2, 0.25) is 0 Å². The highest BCUT2D eigenvalue weighted by molar-refractivity contribution is 5.75. The molecule has 1 aliphatic heterocycles. The van der Waals surface area contributed by atoms with E-state index in [9.17, 15) is 27.9 Å². The maximum atomic E-state index is 11.2. The number of carbonyl (C=O) groups excluding carboxylic acids is 1. The molecule has 0 unspecified atom stereocenters. The van der Waals surface area contributed by atoms with Crippen molar-refractivity contribution in [3.8, 4) is 0 Å². The molecule has 0 aromatic carbocycles. The first-order valence-corrected chi connectivity index (χ1v) is 7.82. The largest absolute Gasteiger partial charge is 0.490 e. The molecule has 1 amide bonds. The van der Waals surface area contributed by atoms with Gasteiger partial charge in [-0.2, -0.15) is 13.2 Å². The number of aliphatic hydroxyl groups excluding tert-OH is 2. The number of hydrogen-bond donors (Lipinski definition) is 6. The molecular formula is C15H23F3N2O7. The molecule has 0 bridgehead atoms. The van der Waals surface area contributed by atoms with Gasteiger partial charge < -0.3 is 25.7 Å². The summed E-state index contributed by atoms with van der Waals surface area (Å²) >= 11 is 0. The highest BCUT2D eigenvalue weighted by Crippen LogP contribution is 2.26. The van der Waals surface area contributed by atoms with Crippen LogP contribution >= 0.6 is 0 Å². The Labute approximate surface area is 152 Å². The minimum atomic E-state index is -5.08. The minimum absolute atomic E-state index is 0.140. The smallest absolute Gasteiger partial charge is 0.480 e. The number of carbonyl (C=O) groups is 3. The van der Waals surface area contributed by atoms with Gasteiger partial charge in [0, 0.05) is 13.0 Å². The van der Waals surface area contributed by atoms with Gasteiger partial charge in [0.25, 0.3) is 0 Å². The van der Waals surface area contributed by atoms with Crippen LogP contribution in [0, 0.1) is 5.92 Å². The molecule has 0 aliphatic carbocycles. The molecule has 1 fully saturated rings. The van der Waals surface area contributed by atoms with Gasteiger partial charge in [0.2, 0.25) is 5.91 Å². The van der Waals surface area contributed by atoms with Gasteiger partial charge >= 0.3 is 18.1 Å². The number of amides is 1. The number of carboxylic acids is 2. The fourth-order valence-corrected chi connectivity index (χ4v) is 2.60. The van der Waals surface area contributed by atoms with Crippen molar-refractivity contribution < 1.29 is 48.0 Å². The van der Waals surface area contributed by atoms with E-state index in [4.69, 9.17) is 20.1 Å². The molecule has 0 radical (unpaired) electrons. The van der Waals surface area contributed by atoms with E-state index < -0.39 is 49.0 Å². The predicted octanol–water partition coefficient (Wildman–Crippen LogP) is -0.515. The lowest BCUT2D eigenvalue weighted by Gasteiger charge is -2.31. The van der Waals surface area contributed by atoms with E-state index in [0.717, 1.165) is 0 Å². The summed E-state index contributed by atoms with van der Waals surface area (Å²) in [5.41, 5.74) is 0. The molecule has 1 saturated heterocycles. The van der Waals surface area contributed by atoms with Crippen molar-refractivity contribution in [2.24, 2.45) is 5.92 Å². The molecule has 12 heteroatoms. The average Bonchev–Trinajstić information content (AvgIpc) is 2.95. The number of aliphatic carboxylic acids is 2. The number of alkyl halides is 3. The van der Waals surface area contributed by atoms with E-state index in [-0.39, 0.29) is 11.8 Å². The monoisotopic (exact) mass is 400 g/mol. The number of hydrogen-bond acceptors (Lipinski definition) is 6. The summed E-state index contributed by atoms with van der Waals surface area (Å²) in [4.78, 5) is 31.2. The quantitative estimate of drug-likeness (QED) is 0.326. The normalized spacial score (nSPS) is 24.6. The zero-order valence-corrected chi connectivity index (χ0v) is 14.6. The van der Waals surface area contributed by atoms with E-state index in [1.807, 2.05) is 13.0 Å². The molecule has 5 atom stereocenters. The fourth-order valence-electron chi connectivity index (χ4n) is 2.60. The third-order valence-corrected chi connectivity index (χ3v) is 3.70. The Morgan fingerprint density at radius 3 is 2.15 bits per heavy atom. The highest BCUT2D eigenvalue weighted by atomic mass is 19.4. The van der Waals surface area contributed by atoms with Crippen LogP contribution in [-0.4, -0.2) is 75.3 Å². The van der Waals surface area contributed by atoms with Crippen LogP contribution in [0.3, 0.4) is 0 Å². The number of rotatable bonds is 6. The summed E-state index contributed by atoms with van der Waals surface area (Å²) in [7, 11) is 0. The predicted molar refractivity (Wildman–Crippen MR) is 85.7 cm³/mol. The summed E-state index contributed by atoms with van der Waals surface area (Å²) < 4.78 is 31.7. The fraction of sp³-hybridized carbons (Fsp3) is 0.667. The second-order valence-corrected chi connectivity index (χ2v) is 5.79. The van der Waals surface area contributed by atoms with Gasteiger partial charge in [0.05, 0.1) is 18.8 Å². The Morgan fingerprint density at radius 1 is 1.30 bits per heavy atom. The number of allylic oxidation sites excluding steroid dienone is 1. The SMILES string of the molecule is C/C=C\[C@@H]1C[C@H](C(=O)O)N[C@H]1[C@@H](NC(C)=O)[C@H](O)CO.O=C(O)C(F)(F)F. The molecule has 27 heavy (non-hydrogen) atoms. The Balaban J connectivity index is 0.000000821. The Kier molecular flexibility index (Phi) is 9.97. The van der Waals surface area contributed by atoms with Crippen molar-refractivity contribution in [3.05, 3.63) is 12.2 Å². The second-order valence-electron chi connectivity index (χ2n) is 5.79. The zero-order chi connectivity index (χ0) is 21.4. The van der Waals surface area contributed by atoms with Crippen LogP contribution in [0.5, 0.6) is 0 Å². The molecular weight excluding hydrogens is 377 g/mol. The van der Waals surface area contributed by atoms with Crippen LogP contribution in [0.15, 0.2) is 12.2 Å². The Bertz CT molecular complexity index is 554. The number of carboxylic acid groups (broad SMARTS) is 2. The summed E-state index contributed by atoms with van der Waals surface area (Å²) in [6, 6.07) is -1.93. The molecule has 0 saturated carbocycles. The van der Waals surface area contributed by atoms with Crippen molar-refractivity contribution in [2.75, 3.05) is 6.61 Å². The highest BCUT2D eigenvalue weighted by Gasteiger charge is 2.42. The minimum Gasteiger partial charge on any atom is -0.480 e. The first kappa shape index (κ1) is 24.8. The van der Waals surface area contributed by atoms with E-state index >= 15 is 0 Å². The van der Waals surface area contributed by atoms with Crippen molar-refractivity contribution >= 4 is 17.8 Å². The summed E-state index contributed by atoms with van der Waals surface area (Å²) in [6.45, 7) is 2.62. The first-order chi connectivity index (χ1) is 12.3. The van der Waals surface area contributed by atoms with Crippen LogP contribution in [0.4, 0.5) is 13.2 Å². The van der Waals surface area contributed by atoms with Crippen LogP contribution < -0.4 is 10.6 Å². The van der Waals surface area contributed by atoms with Gasteiger partial charge in [0.15, 0.2) is 0 Å². The van der Waals surface area contributed by atoms with E-state index in [2.05, 4.69) is 10.6 Å². The molecule has 1 rings (SSSR count). The summed E-state index contributed by atoms with van der Waals surface area (Å²) in [5.74, 6) is -4.21. The molecule has 0 aromatic heterocycles. The molecule has 156 valence electrons. The molecule has 1 heterocycles. The van der Waals surface area contributed by atoms with Crippen molar-refractivity contribution in [3.63, 3.8) is 0 Å². The van der Waals surface area contributed by atoms with Crippen LogP contribution in [-0.2, 0) is 14.4 Å². The molecule has 0 spiro atoms. The van der Waals surface area contributed by atoms with Gasteiger partial charge in [-0.15, -0.1) is 0 Å². The Hall–Kier alpha value is -2.18. The van der Waals surface area contributed by atoms with Gasteiger partial charge in [-0.05, 0) is 19.3 Å². The Morgan fingerprint density at radius 2 is 1.81 bits per heavy atom. The van der Waals surface area contributed by atoms with Gasteiger partial charge in [-0.25, -0.2) is 4.79 Å². The third-order valence-electron chi connectivity index (χ3n) is 3.70. The van der Waals surface area contributed by atoms with Crippen molar-refractivity contribution in [2.45, 2.75) is 50.7 Å². The first-order valence-electron chi connectivity index (χ1n) is 7.82. The standard InChI is InChI=1S/C13H22N2O5.C2HF3O2/c1-3-4-8-5-9(13(19)20)15-11(8)12(10(18)6-16)14-7(2)17;3-2(4,5)1(6)7/h3-4,8-12,15-16,18H,5-6H2,1-2H3,(H,14,17)(H,19,20);(H,6,7)/b4-3-;/t8-,9-,10-,11-,12+;/m1./s1. The molecule has 9 nitrogen and oxygen atoms in total. The van der Waals surface area contributed by atoms with Crippen molar-refractivity contribution in [1.29, 1.82) is 0 Å². The summed E-state index contributed by atoms with van der Waals surface area (Å²) in [6.07, 6.45) is -2.21. The van der Waals surface area contributed by atoms with Crippen molar-refractivity contribution in [1.82, 2.24) is 10.6 Å². The third kappa shape index (κ3) is 8.37. The number of nitrogens with one attached hydrogen (secondary N) is 2. The lowest BCUT2D eigenvalue weighted by Crippen LogP contribution is -2.57. The lowest BCUT2D eigenvalue weighted by molar-refractivity contribution is -0.192. The van der Waals surface area contributed by atoms with Gasteiger partial charge in [-0.3, -0.25) is 14.9 Å². The van der Waals surface area contributed by atoms with Crippen LogP contribution in [0.25, 0.3) is 0 Å². The van der Waals surface area contributed by atoms with E-state index in [1.165, 1.54) is 6.92 Å². The maximum Gasteiger partial charge on any atom is 0.490 e. The summed E-state index contributed by atoms with van der Waals surface area (Å²) in [5, 5.41) is 40.7. The number of aliphatic hydroxyl groups is 2. The zero-order valence-electron chi connectivity index (χ0n) is 14.6. The van der Waals surface area contributed by atoms with Crippen LogP contribution in [0.1, 0.15) is 20.3 Å². The van der Waals surface area contributed by atoms with Gasteiger partial charge in [0.1, 0.15) is 6.04 Å². The number of halogens is 3. The molecule has 6 N–H and O–H groups in total. The van der Waals surface area contributed by atoms with E-state index in [0.29, 0.717) is 6.42 Å².